The number of rotatable bonds is 4. The smallest absolute Gasteiger partial charge is 0.202 e. The first-order chi connectivity index (χ1) is 16.8. The normalized spacial score (nSPS) is 13.1. The quantitative estimate of drug-likeness (QED) is 0.111. The third kappa shape index (κ3) is 4.96. The van der Waals surface area contributed by atoms with Gasteiger partial charge >= 0.3 is 0 Å². The van der Waals surface area contributed by atoms with E-state index in [1.54, 1.807) is 24.3 Å². The molecule has 0 radical (unpaired) electrons. The van der Waals surface area contributed by atoms with Gasteiger partial charge in [-0.2, -0.15) is 0 Å². The van der Waals surface area contributed by atoms with Gasteiger partial charge in [-0.05, 0) is 36.4 Å². The van der Waals surface area contributed by atoms with E-state index in [0.717, 1.165) is 31.2 Å². The van der Waals surface area contributed by atoms with Crippen molar-refractivity contribution in [3.8, 4) is 34.1 Å². The summed E-state index contributed by atoms with van der Waals surface area (Å²) in [4.78, 5) is 9.76. The predicted octanol–water partition coefficient (Wildman–Crippen LogP) is 6.45. The molecule has 0 heterocycles. The Kier molecular flexibility index (Phi) is 8.92. The van der Waals surface area contributed by atoms with Crippen molar-refractivity contribution in [3.05, 3.63) is 104 Å². The van der Waals surface area contributed by atoms with Gasteiger partial charge in [0, 0.05) is 87.7 Å². The fraction of sp³-hybridized carbons (Fsp3) is 0.0370. The van der Waals surface area contributed by atoms with Crippen LogP contribution in [-0.4, -0.2) is 32.9 Å². The molecule has 194 valence electrons. The van der Waals surface area contributed by atoms with Gasteiger partial charge in [-0.3, -0.25) is 9.98 Å². The Balaban J connectivity index is 0.00000190. The molecule has 0 saturated carbocycles. The zero-order valence-corrected chi connectivity index (χ0v) is 23.8. The minimum Gasteiger partial charge on any atom is -0.504 e. The molecule has 0 atom stereocenters. The van der Waals surface area contributed by atoms with Gasteiger partial charge in [0.1, 0.15) is 0 Å². The molecule has 0 spiro atoms. The van der Waals surface area contributed by atoms with Crippen LogP contribution in [0.4, 0.5) is 0 Å². The number of aliphatic imine (C=N–C) groups is 2. The Labute approximate surface area is 249 Å². The molecule has 0 saturated heterocycles. The number of halogens is 2. The van der Waals surface area contributed by atoms with Gasteiger partial charge in [0.05, 0.1) is 0 Å². The van der Waals surface area contributed by atoms with Crippen LogP contribution < -0.4 is 0 Å². The Morgan fingerprint density at radius 2 is 0.946 bits per heavy atom. The predicted molar refractivity (Wildman–Crippen MR) is 143 cm³/mol. The average molecular weight is 712 g/mol. The summed E-state index contributed by atoms with van der Waals surface area (Å²) < 4.78 is 1.71. The van der Waals surface area contributed by atoms with E-state index in [9.17, 15) is 20.4 Å². The van der Waals surface area contributed by atoms with Gasteiger partial charge in [-0.25, -0.2) is 0 Å². The van der Waals surface area contributed by atoms with E-state index in [1.165, 1.54) is 24.6 Å². The van der Waals surface area contributed by atoms with Gasteiger partial charge in [-0.1, -0.05) is 68.3 Å². The van der Waals surface area contributed by atoms with Gasteiger partial charge in [0.2, 0.25) is 5.66 Å². The van der Waals surface area contributed by atoms with Crippen LogP contribution in [0.15, 0.2) is 91.7 Å². The minimum absolute atomic E-state index is 0. The first-order valence-corrected chi connectivity index (χ1v) is 12.1. The number of fused-ring (bicyclic) bond motifs is 3. The van der Waals surface area contributed by atoms with Crippen LogP contribution in [0.3, 0.4) is 0 Å². The van der Waals surface area contributed by atoms with Gasteiger partial charge in [-0.15, -0.1) is 0 Å². The zero-order chi connectivity index (χ0) is 24.7. The zero-order valence-electron chi connectivity index (χ0n) is 18.7. The van der Waals surface area contributed by atoms with Gasteiger partial charge in [0.15, 0.2) is 23.0 Å². The van der Waals surface area contributed by atoms with Gasteiger partial charge in [0.25, 0.3) is 0 Å². The van der Waals surface area contributed by atoms with Crippen molar-refractivity contribution in [2.24, 2.45) is 9.98 Å². The second kappa shape index (κ2) is 11.4. The fourth-order valence-electron chi connectivity index (χ4n) is 4.23. The van der Waals surface area contributed by atoms with Crippen molar-refractivity contribution >= 4 is 44.3 Å². The van der Waals surface area contributed by atoms with E-state index in [2.05, 4.69) is 31.9 Å². The molecule has 10 heteroatoms. The molecule has 1 aliphatic carbocycles. The van der Waals surface area contributed by atoms with E-state index in [-0.39, 0.29) is 56.0 Å². The molecule has 4 N–H and O–H groups in total. The number of phenolic OH excluding ortho intramolecular Hbond substituents is 4. The summed E-state index contributed by atoms with van der Waals surface area (Å²) in [7, 11) is 0. The SMILES string of the molecule is Oc1cccc(/C=N/C2(/N=C/c3cccc(O)c3O)c3cccc(Br)c3-c3c(Br)cccc32)c1O.[Ni].[Ni]. The molecule has 0 amide bonds. The summed E-state index contributed by atoms with van der Waals surface area (Å²) in [5, 5.41) is 40.6. The van der Waals surface area contributed by atoms with E-state index >= 15 is 0 Å². The molecule has 37 heavy (non-hydrogen) atoms. The first kappa shape index (κ1) is 28.9. The van der Waals surface area contributed by atoms with Crippen molar-refractivity contribution in [3.63, 3.8) is 0 Å². The number of hydrogen-bond acceptors (Lipinski definition) is 6. The van der Waals surface area contributed by atoms with E-state index in [1.807, 2.05) is 36.4 Å². The Hall–Kier alpha value is -2.63. The molecular formula is C27H18Br2N2Ni2O4. The maximum atomic E-state index is 10.4. The van der Waals surface area contributed by atoms with Crippen LogP contribution in [0, 0.1) is 0 Å². The van der Waals surface area contributed by atoms with Crippen molar-refractivity contribution in [1.82, 2.24) is 0 Å². The summed E-state index contributed by atoms with van der Waals surface area (Å²) in [6.07, 6.45) is 2.94. The molecule has 0 aromatic heterocycles. The van der Waals surface area contributed by atoms with E-state index in [4.69, 9.17) is 9.98 Å². The summed E-state index contributed by atoms with van der Waals surface area (Å²) in [5.41, 5.74) is 2.73. The molecule has 5 rings (SSSR count). The van der Waals surface area contributed by atoms with Crippen LogP contribution in [0.1, 0.15) is 22.3 Å². The van der Waals surface area contributed by atoms with Crippen molar-refractivity contribution in [2.45, 2.75) is 5.66 Å². The number of hydrogen-bond donors (Lipinski definition) is 4. The Bertz CT molecular complexity index is 1430. The van der Waals surface area contributed by atoms with E-state index < -0.39 is 5.66 Å². The second-order valence-electron chi connectivity index (χ2n) is 7.94. The molecule has 0 bridgehead atoms. The third-order valence-electron chi connectivity index (χ3n) is 5.90. The number of phenols is 4. The standard InChI is InChI=1S/C27H18Br2N2O4.2Ni/c28-19-9-3-7-17-23(19)24-18(8-4-10-20(24)29)27(17,30-13-15-5-1-11-21(32)25(15)34)31-14-16-6-2-12-22(33)26(16)35;;/h1-14,32-35H;;/b30-13+,31-14+;;. The first-order valence-electron chi connectivity index (χ1n) is 10.5. The van der Waals surface area contributed by atoms with Crippen LogP contribution >= 0.6 is 31.9 Å². The largest absolute Gasteiger partial charge is 0.504 e. The van der Waals surface area contributed by atoms with Gasteiger partial charge < -0.3 is 20.4 Å². The van der Waals surface area contributed by atoms with Crippen LogP contribution in [0.2, 0.25) is 0 Å². The molecule has 6 nitrogen and oxygen atoms in total. The summed E-state index contributed by atoms with van der Waals surface area (Å²) >= 11 is 7.33. The Morgan fingerprint density at radius 1 is 0.568 bits per heavy atom. The van der Waals surface area contributed by atoms with Crippen molar-refractivity contribution in [1.29, 1.82) is 0 Å². The summed E-state index contributed by atoms with van der Waals surface area (Å²) in [6, 6.07) is 20.8. The third-order valence-corrected chi connectivity index (χ3v) is 7.22. The second-order valence-corrected chi connectivity index (χ2v) is 9.65. The van der Waals surface area contributed by atoms with Crippen molar-refractivity contribution < 1.29 is 53.4 Å². The van der Waals surface area contributed by atoms with Crippen LogP contribution in [-0.2, 0) is 38.6 Å². The number of benzene rings is 4. The average Bonchev–Trinajstić information content (AvgIpc) is 3.13. The van der Waals surface area contributed by atoms with Crippen LogP contribution in [0.25, 0.3) is 11.1 Å². The summed E-state index contributed by atoms with van der Waals surface area (Å²) in [6.45, 7) is 0. The molecular weight excluding hydrogens is 694 g/mol. The molecule has 0 fully saturated rings. The molecule has 4 aromatic rings. The topological polar surface area (TPSA) is 106 Å². The minimum atomic E-state index is -1.28. The number of nitrogens with zero attached hydrogens (tertiary/aromatic N) is 2. The maximum absolute atomic E-state index is 10.4. The monoisotopic (exact) mass is 708 g/mol. The molecule has 1 aliphatic rings. The van der Waals surface area contributed by atoms with Crippen LogP contribution in [0.5, 0.6) is 23.0 Å². The fourth-order valence-corrected chi connectivity index (χ4v) is 5.35. The number of aromatic hydroxyl groups is 4. The molecule has 0 aliphatic heterocycles. The number of para-hydroxylation sites is 2. The molecule has 4 aromatic carbocycles. The Morgan fingerprint density at radius 3 is 1.35 bits per heavy atom. The summed E-state index contributed by atoms with van der Waals surface area (Å²) in [5.74, 6) is -1.09. The maximum Gasteiger partial charge on any atom is 0.202 e. The molecule has 0 unspecified atom stereocenters. The van der Waals surface area contributed by atoms with Crippen molar-refractivity contribution in [2.75, 3.05) is 0 Å². The van der Waals surface area contributed by atoms with E-state index in [0.29, 0.717) is 11.1 Å².